The van der Waals surface area contributed by atoms with E-state index in [4.69, 9.17) is 10.00 Å². The number of ether oxygens (including phenoxy) is 1. The summed E-state index contributed by atoms with van der Waals surface area (Å²) in [6, 6.07) is 1.96. The highest BCUT2D eigenvalue weighted by Crippen LogP contribution is 2.28. The minimum absolute atomic E-state index is 0.127. The Bertz CT molecular complexity index is 340. The molecule has 1 rings (SSSR count). The van der Waals surface area contributed by atoms with Gasteiger partial charge in [0.25, 0.3) is 0 Å². The number of rotatable bonds is 1. The van der Waals surface area contributed by atoms with E-state index in [1.165, 1.54) is 4.90 Å². The van der Waals surface area contributed by atoms with Gasteiger partial charge in [0.15, 0.2) is 0 Å². The molecule has 0 aromatic rings. The SMILES string of the molecule is CC(C)(C)OC(=O)N1CCC(C#N)(C=O)C1. The molecule has 88 valence electrons. The van der Waals surface area contributed by atoms with Gasteiger partial charge in [0.1, 0.15) is 17.3 Å². The van der Waals surface area contributed by atoms with Crippen LogP contribution >= 0.6 is 0 Å². The van der Waals surface area contributed by atoms with Crippen molar-refractivity contribution in [2.75, 3.05) is 13.1 Å². The highest BCUT2D eigenvalue weighted by molar-refractivity contribution is 5.72. The largest absolute Gasteiger partial charge is 0.444 e. The Morgan fingerprint density at radius 2 is 2.19 bits per heavy atom. The van der Waals surface area contributed by atoms with Crippen LogP contribution in [-0.4, -0.2) is 36.0 Å². The number of amides is 1. The van der Waals surface area contributed by atoms with Crippen molar-refractivity contribution in [3.05, 3.63) is 0 Å². The topological polar surface area (TPSA) is 70.4 Å². The highest BCUT2D eigenvalue weighted by atomic mass is 16.6. The fourth-order valence-corrected chi connectivity index (χ4v) is 1.53. The van der Waals surface area contributed by atoms with E-state index in [9.17, 15) is 9.59 Å². The Kier molecular flexibility index (Phi) is 3.22. The summed E-state index contributed by atoms with van der Waals surface area (Å²) < 4.78 is 5.17. The summed E-state index contributed by atoms with van der Waals surface area (Å²) in [5, 5.41) is 8.89. The first-order valence-electron chi connectivity index (χ1n) is 5.17. The van der Waals surface area contributed by atoms with Gasteiger partial charge in [0.2, 0.25) is 0 Å². The van der Waals surface area contributed by atoms with Gasteiger partial charge in [-0.25, -0.2) is 4.79 Å². The van der Waals surface area contributed by atoms with Crippen molar-refractivity contribution in [2.24, 2.45) is 5.41 Å². The second kappa shape index (κ2) is 4.12. The third kappa shape index (κ3) is 2.72. The van der Waals surface area contributed by atoms with Crippen LogP contribution in [0.3, 0.4) is 0 Å². The molecule has 1 unspecified atom stereocenters. The first-order valence-corrected chi connectivity index (χ1v) is 5.17. The predicted molar refractivity (Wildman–Crippen MR) is 56.5 cm³/mol. The summed E-state index contributed by atoms with van der Waals surface area (Å²) in [6.45, 7) is 5.85. The van der Waals surface area contributed by atoms with Crippen LogP contribution in [0.15, 0.2) is 0 Å². The minimum atomic E-state index is -1.04. The molecule has 1 heterocycles. The van der Waals surface area contributed by atoms with E-state index >= 15 is 0 Å². The Labute approximate surface area is 95.0 Å². The molecule has 5 nitrogen and oxygen atoms in total. The number of carbonyl (C=O) groups excluding carboxylic acids is 2. The molecule has 1 saturated heterocycles. The quantitative estimate of drug-likeness (QED) is 0.630. The molecule has 1 fully saturated rings. The van der Waals surface area contributed by atoms with E-state index in [0.29, 0.717) is 19.3 Å². The third-order valence-corrected chi connectivity index (χ3v) is 2.40. The highest BCUT2D eigenvalue weighted by Gasteiger charge is 2.41. The zero-order chi connectivity index (χ0) is 12.4. The summed E-state index contributed by atoms with van der Waals surface area (Å²) in [6.07, 6.45) is 0.537. The summed E-state index contributed by atoms with van der Waals surface area (Å²) in [7, 11) is 0. The van der Waals surface area contributed by atoms with Gasteiger partial charge in [-0.1, -0.05) is 0 Å². The van der Waals surface area contributed by atoms with Crippen LogP contribution in [0.1, 0.15) is 27.2 Å². The fourth-order valence-electron chi connectivity index (χ4n) is 1.53. The van der Waals surface area contributed by atoms with Crippen LogP contribution in [0.5, 0.6) is 0 Å². The smallest absolute Gasteiger partial charge is 0.410 e. The predicted octanol–water partition coefficient (Wildman–Crippen LogP) is 1.34. The maximum absolute atomic E-state index is 11.7. The van der Waals surface area contributed by atoms with Crippen molar-refractivity contribution in [1.82, 2.24) is 4.90 Å². The molecule has 0 saturated carbocycles. The molecule has 1 aliphatic rings. The molecule has 0 bridgehead atoms. The summed E-state index contributed by atoms with van der Waals surface area (Å²) in [4.78, 5) is 23.9. The van der Waals surface area contributed by atoms with Crippen molar-refractivity contribution in [1.29, 1.82) is 5.26 Å². The number of hydrogen-bond donors (Lipinski definition) is 0. The minimum Gasteiger partial charge on any atom is -0.444 e. The van der Waals surface area contributed by atoms with Gasteiger partial charge in [-0.05, 0) is 27.2 Å². The molecule has 5 heteroatoms. The molecule has 0 aliphatic carbocycles. The van der Waals surface area contributed by atoms with Crippen LogP contribution in [0.4, 0.5) is 4.79 Å². The molecular weight excluding hydrogens is 208 g/mol. The molecule has 0 aromatic heterocycles. The normalized spacial score (nSPS) is 25.0. The van der Waals surface area contributed by atoms with Crippen LogP contribution in [0.2, 0.25) is 0 Å². The van der Waals surface area contributed by atoms with Gasteiger partial charge < -0.3 is 14.4 Å². The van der Waals surface area contributed by atoms with Crippen molar-refractivity contribution in [3.63, 3.8) is 0 Å². The van der Waals surface area contributed by atoms with Crippen molar-refractivity contribution < 1.29 is 14.3 Å². The van der Waals surface area contributed by atoms with Gasteiger partial charge in [-0.2, -0.15) is 5.26 Å². The molecular formula is C11H16N2O3. The van der Waals surface area contributed by atoms with Gasteiger partial charge in [0, 0.05) is 13.1 Å². The lowest BCUT2D eigenvalue weighted by molar-refractivity contribution is -0.113. The average molecular weight is 224 g/mol. The molecule has 1 amide bonds. The molecule has 0 aromatic carbocycles. The van der Waals surface area contributed by atoms with Crippen LogP contribution < -0.4 is 0 Å². The van der Waals surface area contributed by atoms with E-state index in [-0.39, 0.29) is 6.54 Å². The molecule has 1 atom stereocenters. The number of carbonyl (C=O) groups is 2. The maximum atomic E-state index is 11.7. The van der Waals surface area contributed by atoms with E-state index in [2.05, 4.69) is 0 Å². The van der Waals surface area contributed by atoms with E-state index in [1.54, 1.807) is 20.8 Å². The maximum Gasteiger partial charge on any atom is 0.410 e. The standard InChI is InChI=1S/C11H16N2O3/c1-10(2,3)16-9(15)13-5-4-11(6-12,7-13)8-14/h8H,4-5,7H2,1-3H3. The Balaban J connectivity index is 2.64. The van der Waals surface area contributed by atoms with Gasteiger partial charge in [-0.15, -0.1) is 0 Å². The molecule has 0 N–H and O–H groups in total. The van der Waals surface area contributed by atoms with Crippen LogP contribution in [0, 0.1) is 16.7 Å². The zero-order valence-corrected chi connectivity index (χ0v) is 9.82. The van der Waals surface area contributed by atoms with Crippen LogP contribution in [0.25, 0.3) is 0 Å². The Hall–Kier alpha value is -1.57. The monoisotopic (exact) mass is 224 g/mol. The Morgan fingerprint density at radius 1 is 1.56 bits per heavy atom. The Morgan fingerprint density at radius 3 is 2.56 bits per heavy atom. The first-order chi connectivity index (χ1) is 7.32. The van der Waals surface area contributed by atoms with Crippen molar-refractivity contribution in [3.8, 4) is 6.07 Å². The number of nitrogens with zero attached hydrogens (tertiary/aromatic N) is 2. The number of hydrogen-bond acceptors (Lipinski definition) is 4. The van der Waals surface area contributed by atoms with Crippen molar-refractivity contribution >= 4 is 12.4 Å². The second-order valence-corrected chi connectivity index (χ2v) is 5.04. The number of likely N-dealkylation sites (tertiary alicyclic amines) is 1. The second-order valence-electron chi connectivity index (χ2n) is 5.04. The summed E-state index contributed by atoms with van der Waals surface area (Å²) >= 11 is 0. The molecule has 0 spiro atoms. The average Bonchev–Trinajstić information content (AvgIpc) is 2.60. The van der Waals surface area contributed by atoms with E-state index in [1.807, 2.05) is 6.07 Å². The zero-order valence-electron chi connectivity index (χ0n) is 9.82. The summed E-state index contributed by atoms with van der Waals surface area (Å²) in [5.74, 6) is 0. The van der Waals surface area contributed by atoms with Gasteiger partial charge in [-0.3, -0.25) is 0 Å². The van der Waals surface area contributed by atoms with Gasteiger partial charge in [0.05, 0.1) is 6.07 Å². The molecule has 0 radical (unpaired) electrons. The van der Waals surface area contributed by atoms with Crippen molar-refractivity contribution in [2.45, 2.75) is 32.8 Å². The summed E-state index contributed by atoms with van der Waals surface area (Å²) in [5.41, 5.74) is -1.60. The lowest BCUT2D eigenvalue weighted by Gasteiger charge is -2.24. The number of aldehydes is 1. The first kappa shape index (κ1) is 12.5. The third-order valence-electron chi connectivity index (χ3n) is 2.40. The molecule has 16 heavy (non-hydrogen) atoms. The fraction of sp³-hybridized carbons (Fsp3) is 0.727. The van der Waals surface area contributed by atoms with Crippen LogP contribution in [-0.2, 0) is 9.53 Å². The van der Waals surface area contributed by atoms with E-state index in [0.717, 1.165) is 0 Å². The lowest BCUT2D eigenvalue weighted by atomic mass is 9.91. The number of nitriles is 1. The molecule has 1 aliphatic heterocycles. The van der Waals surface area contributed by atoms with E-state index < -0.39 is 17.1 Å². The van der Waals surface area contributed by atoms with Gasteiger partial charge >= 0.3 is 6.09 Å². The lowest BCUT2D eigenvalue weighted by Crippen LogP contribution is -2.37.